The highest BCUT2D eigenvalue weighted by Gasteiger charge is 2.40. The van der Waals surface area contributed by atoms with Crippen LogP contribution in [0.15, 0.2) is 48.2 Å². The van der Waals surface area contributed by atoms with E-state index in [0.29, 0.717) is 63.6 Å². The lowest BCUT2D eigenvalue weighted by molar-refractivity contribution is -0.139. The first-order valence-corrected chi connectivity index (χ1v) is 15.7. The number of ether oxygens (including phenoxy) is 4. The predicted octanol–water partition coefficient (Wildman–Crippen LogP) is 5.55. The second-order valence-corrected chi connectivity index (χ2v) is 12.3. The number of carbonyl (C=O) groups is 1. The van der Waals surface area contributed by atoms with Gasteiger partial charge in [-0.3, -0.25) is 9.48 Å². The summed E-state index contributed by atoms with van der Waals surface area (Å²) in [5, 5.41) is 7.37. The van der Waals surface area contributed by atoms with Crippen molar-refractivity contribution in [1.82, 2.24) is 24.6 Å². The van der Waals surface area contributed by atoms with Gasteiger partial charge < -0.3 is 29.2 Å². The van der Waals surface area contributed by atoms with Gasteiger partial charge in [-0.2, -0.15) is 5.10 Å². The minimum Gasteiger partial charge on any atom is -0.493 e. The number of methoxy groups -OCH3 is 1. The number of nitrogens with zero attached hydrogens (tertiary/aromatic N) is 5. The third-order valence-corrected chi connectivity index (χ3v) is 8.96. The number of halogens is 1. The zero-order valence-corrected chi connectivity index (χ0v) is 26.7. The molecule has 1 aromatic carbocycles. The van der Waals surface area contributed by atoms with E-state index in [0.717, 1.165) is 57.1 Å². The third-order valence-electron chi connectivity index (χ3n) is 8.65. The maximum Gasteiger partial charge on any atom is 0.273 e. The van der Waals surface area contributed by atoms with E-state index >= 15 is 0 Å². The summed E-state index contributed by atoms with van der Waals surface area (Å²) in [5.74, 6) is 1.77. The summed E-state index contributed by atoms with van der Waals surface area (Å²) in [6, 6.07) is 6.76. The molecule has 0 radical (unpaired) electrons. The number of aromatic nitrogens is 4. The molecule has 6 rings (SSSR count). The maximum atomic E-state index is 12.7. The lowest BCUT2D eigenvalue weighted by Crippen LogP contribution is -2.50. The van der Waals surface area contributed by atoms with Crippen LogP contribution >= 0.6 is 11.6 Å². The van der Waals surface area contributed by atoms with Gasteiger partial charge in [-0.25, -0.2) is 9.97 Å². The second kappa shape index (κ2) is 13.6. The van der Waals surface area contributed by atoms with Crippen LogP contribution < -0.4 is 10.1 Å². The van der Waals surface area contributed by atoms with Crippen molar-refractivity contribution in [2.24, 2.45) is 12.5 Å². The van der Waals surface area contributed by atoms with Crippen LogP contribution in [0, 0.1) is 12.3 Å². The number of amides is 1. The first-order chi connectivity index (χ1) is 21.8. The summed E-state index contributed by atoms with van der Waals surface area (Å²) in [5.41, 5.74) is 3.59. The topological polar surface area (TPSA) is 113 Å². The Balaban J connectivity index is 1.05. The number of hydrogen-bond acceptors (Lipinski definition) is 9. The number of unbranched alkanes of at least 4 members (excludes halogenated alkanes) is 1. The van der Waals surface area contributed by atoms with Gasteiger partial charge in [0.05, 0.1) is 54.6 Å². The van der Waals surface area contributed by atoms with Gasteiger partial charge in [0.2, 0.25) is 5.88 Å². The van der Waals surface area contributed by atoms with Crippen molar-refractivity contribution in [3.8, 4) is 11.6 Å². The van der Waals surface area contributed by atoms with Gasteiger partial charge in [-0.05, 0) is 82.6 Å². The SMILES string of the molecule is COC1=Cc2c(ncnc2Oc2ccc(NC(=O)c3cc(C)nn3C)c(Cl)c2)CC=C1OCCCCN1CCC2(CC1)COC2. The van der Waals surface area contributed by atoms with Crippen LogP contribution in [0.25, 0.3) is 6.08 Å². The molecule has 1 amide bonds. The number of benzene rings is 1. The number of rotatable bonds is 11. The number of carbonyl (C=O) groups excluding carboxylic acids is 1. The molecule has 45 heavy (non-hydrogen) atoms. The van der Waals surface area contributed by atoms with E-state index in [4.69, 9.17) is 30.5 Å². The van der Waals surface area contributed by atoms with Crippen LogP contribution in [-0.4, -0.2) is 77.1 Å². The Morgan fingerprint density at radius 3 is 2.64 bits per heavy atom. The average Bonchev–Trinajstić information content (AvgIpc) is 3.25. The summed E-state index contributed by atoms with van der Waals surface area (Å²) in [4.78, 5) is 24.2. The molecule has 1 aliphatic carbocycles. The van der Waals surface area contributed by atoms with Crippen molar-refractivity contribution < 1.29 is 23.7 Å². The van der Waals surface area contributed by atoms with Crippen LogP contribution in [0.5, 0.6) is 11.6 Å². The molecule has 3 aliphatic rings. The third kappa shape index (κ3) is 7.16. The molecule has 238 valence electrons. The molecule has 3 aromatic rings. The molecule has 2 aliphatic heterocycles. The van der Waals surface area contributed by atoms with Crippen LogP contribution in [0.2, 0.25) is 5.02 Å². The highest BCUT2D eigenvalue weighted by molar-refractivity contribution is 6.34. The monoisotopic (exact) mass is 634 g/mol. The van der Waals surface area contributed by atoms with E-state index in [9.17, 15) is 4.79 Å². The normalized spacial score (nSPS) is 17.4. The molecule has 12 heteroatoms. The van der Waals surface area contributed by atoms with Crippen molar-refractivity contribution in [2.45, 2.75) is 39.0 Å². The molecular formula is C33H39ClN6O5. The molecule has 2 aromatic heterocycles. The molecule has 0 atom stereocenters. The Hall–Kier alpha value is -3.93. The van der Waals surface area contributed by atoms with Gasteiger partial charge in [0.15, 0.2) is 11.5 Å². The number of likely N-dealkylation sites (tertiary alicyclic amines) is 1. The second-order valence-electron chi connectivity index (χ2n) is 11.9. The number of nitrogens with one attached hydrogen (secondary N) is 1. The van der Waals surface area contributed by atoms with Crippen LogP contribution in [0.3, 0.4) is 0 Å². The van der Waals surface area contributed by atoms with Crippen molar-refractivity contribution in [3.63, 3.8) is 0 Å². The lowest BCUT2D eigenvalue weighted by Gasteiger charge is -2.47. The Morgan fingerprint density at radius 1 is 1.13 bits per heavy atom. The van der Waals surface area contributed by atoms with E-state index in [1.54, 1.807) is 38.4 Å². The van der Waals surface area contributed by atoms with Crippen molar-refractivity contribution in [3.05, 3.63) is 75.9 Å². The highest BCUT2D eigenvalue weighted by Crippen LogP contribution is 2.38. The number of piperidine rings is 1. The quantitative estimate of drug-likeness (QED) is 0.271. The number of fused-ring (bicyclic) bond motifs is 1. The van der Waals surface area contributed by atoms with E-state index < -0.39 is 0 Å². The summed E-state index contributed by atoms with van der Waals surface area (Å²) in [6.45, 7) is 7.73. The first-order valence-electron chi connectivity index (χ1n) is 15.3. The summed E-state index contributed by atoms with van der Waals surface area (Å²) in [6.07, 6.45) is 10.4. The van der Waals surface area contributed by atoms with Crippen LogP contribution in [0.1, 0.15) is 53.1 Å². The predicted molar refractivity (Wildman–Crippen MR) is 170 cm³/mol. The molecule has 1 N–H and O–H groups in total. The Labute approximate surface area is 268 Å². The smallest absolute Gasteiger partial charge is 0.273 e. The minimum absolute atomic E-state index is 0.308. The van der Waals surface area contributed by atoms with Crippen molar-refractivity contribution >= 4 is 29.3 Å². The van der Waals surface area contributed by atoms with Crippen LogP contribution in [-0.2, 0) is 27.7 Å². The summed E-state index contributed by atoms with van der Waals surface area (Å²) >= 11 is 6.53. The van der Waals surface area contributed by atoms with Gasteiger partial charge in [0.25, 0.3) is 5.91 Å². The molecule has 0 saturated carbocycles. The maximum absolute atomic E-state index is 12.7. The van der Waals surface area contributed by atoms with E-state index in [1.807, 2.05) is 19.1 Å². The van der Waals surface area contributed by atoms with Gasteiger partial charge in [-0.1, -0.05) is 11.6 Å². The van der Waals surface area contributed by atoms with Gasteiger partial charge in [0, 0.05) is 24.9 Å². The Kier molecular flexibility index (Phi) is 9.39. The number of aryl methyl sites for hydroxylation is 2. The fourth-order valence-corrected chi connectivity index (χ4v) is 6.13. The zero-order chi connectivity index (χ0) is 31.4. The molecule has 11 nitrogen and oxygen atoms in total. The molecule has 0 bridgehead atoms. The molecule has 4 heterocycles. The fourth-order valence-electron chi connectivity index (χ4n) is 5.92. The van der Waals surface area contributed by atoms with Gasteiger partial charge >= 0.3 is 0 Å². The number of allylic oxidation sites excluding steroid dienone is 1. The van der Waals surface area contributed by atoms with E-state index in [2.05, 4.69) is 25.3 Å². The van der Waals surface area contributed by atoms with Crippen molar-refractivity contribution in [2.75, 3.05) is 51.9 Å². The van der Waals surface area contributed by atoms with Gasteiger partial charge in [0.1, 0.15) is 17.8 Å². The van der Waals surface area contributed by atoms with Crippen molar-refractivity contribution in [1.29, 1.82) is 0 Å². The molecular weight excluding hydrogens is 596 g/mol. The molecule has 2 fully saturated rings. The lowest BCUT2D eigenvalue weighted by atomic mass is 9.77. The zero-order valence-electron chi connectivity index (χ0n) is 26.0. The number of anilines is 1. The van der Waals surface area contributed by atoms with Crippen LogP contribution in [0.4, 0.5) is 5.69 Å². The van der Waals surface area contributed by atoms with E-state index in [-0.39, 0.29) is 5.91 Å². The highest BCUT2D eigenvalue weighted by atomic mass is 35.5. The first kappa shape index (κ1) is 31.1. The minimum atomic E-state index is -0.308. The fraction of sp³-hybridized carbons (Fsp3) is 0.455. The summed E-state index contributed by atoms with van der Waals surface area (Å²) in [7, 11) is 3.34. The molecule has 0 unspecified atom stereocenters. The largest absolute Gasteiger partial charge is 0.493 e. The molecule has 2 saturated heterocycles. The van der Waals surface area contributed by atoms with Gasteiger partial charge in [-0.15, -0.1) is 0 Å². The Morgan fingerprint density at radius 2 is 1.96 bits per heavy atom. The Bertz CT molecular complexity index is 1600. The molecule has 1 spiro atoms. The van der Waals surface area contributed by atoms with E-state index in [1.165, 1.54) is 23.9 Å². The number of hydrogen-bond donors (Lipinski definition) is 1. The average molecular weight is 635 g/mol. The summed E-state index contributed by atoms with van der Waals surface area (Å²) < 4.78 is 25.1. The standard InChI is InChI=1S/C33H39ClN6O5/c1-22-16-28(39(2)38-22)31(41)37-27-7-6-23(17-25(27)34)45-32-24-18-30(42-3)29(9-8-26(24)35-21-36-32)44-15-5-4-12-40-13-10-33(11-14-40)19-43-20-33/h6-7,9,16-18,21H,4-5,8,10-15,19-20H2,1-3H3,(H,37,41).